The van der Waals surface area contributed by atoms with Crippen LogP contribution < -0.4 is 10.1 Å². The monoisotopic (exact) mass is 457 g/mol. The summed E-state index contributed by atoms with van der Waals surface area (Å²) in [6, 6.07) is 15.0. The summed E-state index contributed by atoms with van der Waals surface area (Å²) in [5, 5.41) is 12.7. The average Bonchev–Trinajstić information content (AvgIpc) is 3.07. The van der Waals surface area contributed by atoms with Crippen molar-refractivity contribution in [2.24, 2.45) is 0 Å². The number of carboxylic acid groups (broad SMARTS) is 1. The van der Waals surface area contributed by atoms with E-state index in [4.69, 9.17) is 4.74 Å². The molecule has 2 N–H and O–H groups in total. The van der Waals surface area contributed by atoms with Gasteiger partial charge in [0.2, 0.25) is 5.91 Å². The third kappa shape index (κ3) is 3.21. The van der Waals surface area contributed by atoms with Crippen molar-refractivity contribution < 1.29 is 19.4 Å². The second kappa shape index (κ2) is 7.41. The van der Waals surface area contributed by atoms with E-state index in [-0.39, 0.29) is 23.1 Å². The maximum Gasteiger partial charge on any atom is 0.346 e. The Bertz CT molecular complexity index is 1080. The number of carbonyl (C=O) groups is 2. The fourth-order valence-corrected chi connectivity index (χ4v) is 5.29. The van der Waals surface area contributed by atoms with E-state index in [1.165, 1.54) is 11.3 Å². The minimum atomic E-state index is -0.998. The van der Waals surface area contributed by atoms with Crippen LogP contribution in [0, 0.1) is 0 Å². The summed E-state index contributed by atoms with van der Waals surface area (Å²) in [6.07, 6.45) is 0.263. The summed E-state index contributed by atoms with van der Waals surface area (Å²) in [5.74, 6) is -0.642. The fraction of sp³-hybridized carbons (Fsp3) is 0.143. The largest absolute Gasteiger partial charge is 0.496 e. The minimum absolute atomic E-state index is 0.128. The first kappa shape index (κ1) is 18.7. The van der Waals surface area contributed by atoms with Crippen molar-refractivity contribution in [1.29, 1.82) is 0 Å². The maximum atomic E-state index is 12.5. The van der Waals surface area contributed by atoms with Gasteiger partial charge < -0.3 is 15.2 Å². The Labute approximate surface area is 174 Å². The van der Waals surface area contributed by atoms with Crippen molar-refractivity contribution in [3.63, 3.8) is 0 Å². The summed E-state index contributed by atoms with van der Waals surface area (Å²) in [5.41, 5.74) is 2.87. The van der Waals surface area contributed by atoms with Gasteiger partial charge in [-0.1, -0.05) is 36.4 Å². The Morgan fingerprint density at radius 3 is 2.64 bits per heavy atom. The maximum absolute atomic E-state index is 12.5. The van der Waals surface area contributed by atoms with Crippen LogP contribution in [0.15, 0.2) is 53.0 Å². The topological polar surface area (TPSA) is 75.6 Å². The molecule has 0 saturated carbocycles. The Kier molecular flexibility index (Phi) is 4.95. The molecule has 1 aliphatic rings. The molecule has 0 fully saturated rings. The third-order valence-corrected chi connectivity index (χ3v) is 6.65. The van der Waals surface area contributed by atoms with Crippen LogP contribution in [0.25, 0.3) is 11.1 Å². The molecule has 3 aromatic rings. The predicted molar refractivity (Wildman–Crippen MR) is 112 cm³/mol. The molecule has 0 aliphatic carbocycles. The number of rotatable bonds is 4. The van der Waals surface area contributed by atoms with E-state index in [0.29, 0.717) is 17.0 Å². The number of hydrogen-bond acceptors (Lipinski definition) is 4. The number of aromatic carboxylic acids is 1. The number of benzene rings is 2. The lowest BCUT2D eigenvalue weighted by atomic mass is 9.88. The number of carboxylic acids is 1. The van der Waals surface area contributed by atoms with Gasteiger partial charge in [0, 0.05) is 22.8 Å². The lowest BCUT2D eigenvalue weighted by molar-refractivity contribution is -0.116. The lowest BCUT2D eigenvalue weighted by Crippen LogP contribution is -2.22. The van der Waals surface area contributed by atoms with Gasteiger partial charge in [-0.3, -0.25) is 4.79 Å². The molecule has 4 rings (SSSR count). The van der Waals surface area contributed by atoms with Gasteiger partial charge in [0.05, 0.1) is 17.3 Å². The Morgan fingerprint density at radius 2 is 2.00 bits per heavy atom. The summed E-state index contributed by atoms with van der Waals surface area (Å²) >= 11 is 4.72. The molecule has 0 bridgehead atoms. The van der Waals surface area contributed by atoms with E-state index < -0.39 is 5.97 Å². The Morgan fingerprint density at radius 1 is 1.25 bits per heavy atom. The van der Waals surface area contributed by atoms with E-state index in [9.17, 15) is 14.7 Å². The van der Waals surface area contributed by atoms with Gasteiger partial charge >= 0.3 is 5.97 Å². The number of fused-ring (bicyclic) bond motifs is 1. The molecule has 1 atom stereocenters. The zero-order valence-electron chi connectivity index (χ0n) is 14.9. The van der Waals surface area contributed by atoms with Crippen molar-refractivity contribution in [2.75, 3.05) is 12.4 Å². The van der Waals surface area contributed by atoms with Gasteiger partial charge in [-0.25, -0.2) is 4.79 Å². The summed E-state index contributed by atoms with van der Waals surface area (Å²) in [7, 11) is 1.59. The van der Waals surface area contributed by atoms with Crippen LogP contribution in [0.1, 0.15) is 32.5 Å². The molecule has 5 nitrogen and oxygen atoms in total. The summed E-state index contributed by atoms with van der Waals surface area (Å²) in [6.45, 7) is 0. The highest BCUT2D eigenvalue weighted by molar-refractivity contribution is 9.10. The minimum Gasteiger partial charge on any atom is -0.496 e. The molecule has 0 saturated heterocycles. The molecule has 28 heavy (non-hydrogen) atoms. The Balaban J connectivity index is 1.91. The first-order valence-corrected chi connectivity index (χ1v) is 10.2. The molecule has 2 aromatic carbocycles. The quantitative estimate of drug-likeness (QED) is 0.552. The fourth-order valence-electron chi connectivity index (χ4n) is 3.49. The molecule has 2 heterocycles. The molecule has 1 amide bonds. The van der Waals surface area contributed by atoms with Crippen LogP contribution >= 0.6 is 27.3 Å². The van der Waals surface area contributed by atoms with Gasteiger partial charge in [-0.05, 0) is 39.2 Å². The molecular weight excluding hydrogens is 442 g/mol. The van der Waals surface area contributed by atoms with Crippen LogP contribution in [0.4, 0.5) is 5.69 Å². The normalized spacial score (nSPS) is 15.6. The van der Waals surface area contributed by atoms with E-state index in [0.717, 1.165) is 20.5 Å². The van der Waals surface area contributed by atoms with Gasteiger partial charge in [-0.2, -0.15) is 0 Å². The average molecular weight is 458 g/mol. The zero-order valence-corrected chi connectivity index (χ0v) is 17.3. The number of halogens is 1. The molecule has 0 unspecified atom stereocenters. The summed E-state index contributed by atoms with van der Waals surface area (Å²) < 4.78 is 6.08. The lowest BCUT2D eigenvalue weighted by Gasteiger charge is -2.24. The number of anilines is 1. The first-order chi connectivity index (χ1) is 13.5. The van der Waals surface area contributed by atoms with Crippen molar-refractivity contribution in [2.45, 2.75) is 12.3 Å². The van der Waals surface area contributed by atoms with Crippen LogP contribution in [-0.4, -0.2) is 24.1 Å². The van der Waals surface area contributed by atoms with E-state index >= 15 is 0 Å². The standard InChI is InChI=1S/C21H16BrNO4S/c1-27-15-8-7-12(9-14(15)22)13-10-16(24)23-18-17(11-5-3-2-4-6-11)20(21(25)26)28-19(13)18/h2-9,13H,10H2,1H3,(H,23,24)(H,25,26)/t13-/m1/s1. The highest BCUT2D eigenvalue weighted by Crippen LogP contribution is 2.49. The Hall–Kier alpha value is -2.64. The molecule has 7 heteroatoms. The predicted octanol–water partition coefficient (Wildman–Crippen LogP) is 5.36. The van der Waals surface area contributed by atoms with Crippen molar-refractivity contribution in [1.82, 2.24) is 0 Å². The summed E-state index contributed by atoms with van der Waals surface area (Å²) in [4.78, 5) is 25.5. The molecule has 1 aromatic heterocycles. The number of ether oxygens (including phenoxy) is 1. The van der Waals surface area contributed by atoms with E-state index in [1.807, 2.05) is 48.5 Å². The number of methoxy groups -OCH3 is 1. The van der Waals surface area contributed by atoms with Crippen molar-refractivity contribution in [3.05, 3.63) is 68.3 Å². The molecule has 0 spiro atoms. The number of amides is 1. The smallest absolute Gasteiger partial charge is 0.346 e. The van der Waals surface area contributed by atoms with Crippen LogP contribution in [0.2, 0.25) is 0 Å². The molecule has 0 radical (unpaired) electrons. The van der Waals surface area contributed by atoms with Gasteiger partial charge in [-0.15, -0.1) is 11.3 Å². The van der Waals surface area contributed by atoms with E-state index in [2.05, 4.69) is 21.2 Å². The zero-order chi connectivity index (χ0) is 19.8. The van der Waals surface area contributed by atoms with E-state index in [1.54, 1.807) is 7.11 Å². The number of nitrogens with one attached hydrogen (secondary N) is 1. The highest BCUT2D eigenvalue weighted by Gasteiger charge is 2.34. The number of carbonyl (C=O) groups excluding carboxylic acids is 1. The van der Waals surface area contributed by atoms with Gasteiger partial charge in [0.25, 0.3) is 0 Å². The number of thiophene rings is 1. The molecule has 142 valence electrons. The second-order valence-electron chi connectivity index (χ2n) is 6.42. The van der Waals surface area contributed by atoms with Gasteiger partial charge in [0.15, 0.2) is 0 Å². The van der Waals surface area contributed by atoms with Crippen LogP contribution in [0.3, 0.4) is 0 Å². The molecular formula is C21H16BrNO4S. The van der Waals surface area contributed by atoms with Crippen molar-refractivity contribution in [3.8, 4) is 16.9 Å². The third-order valence-electron chi connectivity index (χ3n) is 4.74. The first-order valence-electron chi connectivity index (χ1n) is 8.58. The highest BCUT2D eigenvalue weighted by atomic mass is 79.9. The van der Waals surface area contributed by atoms with Gasteiger partial charge in [0.1, 0.15) is 10.6 Å². The van der Waals surface area contributed by atoms with Crippen LogP contribution in [-0.2, 0) is 4.79 Å². The molecule has 1 aliphatic heterocycles. The van der Waals surface area contributed by atoms with Crippen molar-refractivity contribution >= 4 is 44.8 Å². The second-order valence-corrected chi connectivity index (χ2v) is 8.32. The van der Waals surface area contributed by atoms with Crippen LogP contribution in [0.5, 0.6) is 5.75 Å². The SMILES string of the molecule is COc1ccc([C@H]2CC(=O)Nc3c2sc(C(=O)O)c3-c2ccccc2)cc1Br. The number of hydrogen-bond donors (Lipinski definition) is 2.